The third-order valence-electron chi connectivity index (χ3n) is 3.68. The van der Waals surface area contributed by atoms with E-state index >= 15 is 0 Å². The van der Waals surface area contributed by atoms with Crippen molar-refractivity contribution in [1.82, 2.24) is 4.90 Å². The van der Waals surface area contributed by atoms with Crippen molar-refractivity contribution in [3.63, 3.8) is 0 Å². The van der Waals surface area contributed by atoms with E-state index in [2.05, 4.69) is 44.0 Å². The molecule has 0 unspecified atom stereocenters. The number of benzene rings is 2. The summed E-state index contributed by atoms with van der Waals surface area (Å²) < 4.78 is 0. The van der Waals surface area contributed by atoms with Gasteiger partial charge in [-0.15, -0.1) is 0 Å². The van der Waals surface area contributed by atoms with Gasteiger partial charge in [-0.05, 0) is 50.5 Å². The highest BCUT2D eigenvalue weighted by molar-refractivity contribution is 6.35. The molecule has 4 heteroatoms. The summed E-state index contributed by atoms with van der Waals surface area (Å²) in [5.74, 6) is 0. The summed E-state index contributed by atoms with van der Waals surface area (Å²) in [5, 5.41) is 1.31. The van der Waals surface area contributed by atoms with E-state index < -0.39 is 0 Å². The summed E-state index contributed by atoms with van der Waals surface area (Å²) >= 11 is 12.8. The number of aliphatic imine (C=N–C) groups is 1. The van der Waals surface area contributed by atoms with E-state index in [1.807, 2.05) is 24.1 Å². The second-order valence-electron chi connectivity index (χ2n) is 5.89. The fourth-order valence-electron chi connectivity index (χ4n) is 2.45. The van der Waals surface area contributed by atoms with Gasteiger partial charge in [0.05, 0.1) is 17.0 Å². The second kappa shape index (κ2) is 7.85. The quantitative estimate of drug-likeness (QED) is 0.491. The fraction of sp³-hybridized carbons (Fsp3) is 0.316. The van der Waals surface area contributed by atoms with Gasteiger partial charge in [0.1, 0.15) is 0 Å². The topological polar surface area (TPSA) is 15.6 Å². The van der Waals surface area contributed by atoms with E-state index in [-0.39, 0.29) is 0 Å². The zero-order chi connectivity index (χ0) is 17.0. The average Bonchev–Trinajstić information content (AvgIpc) is 2.47. The summed E-state index contributed by atoms with van der Waals surface area (Å²) in [6.07, 6.45) is 2.53. The van der Waals surface area contributed by atoms with Gasteiger partial charge in [-0.25, -0.2) is 4.99 Å². The molecular weight excluding hydrogens is 327 g/mol. The molecule has 0 N–H and O–H groups in total. The molecule has 0 atom stereocenters. The molecule has 0 aliphatic carbocycles. The van der Waals surface area contributed by atoms with Crippen LogP contribution in [0.15, 0.2) is 35.3 Å². The molecule has 0 aromatic heterocycles. The Morgan fingerprint density at radius 3 is 2.26 bits per heavy atom. The Labute approximate surface area is 148 Å². The molecule has 0 aliphatic rings. The minimum Gasteiger partial charge on any atom is -0.366 e. The van der Waals surface area contributed by atoms with Crippen LogP contribution in [0.5, 0.6) is 0 Å². The van der Waals surface area contributed by atoms with Crippen molar-refractivity contribution in [2.75, 3.05) is 13.6 Å². The van der Waals surface area contributed by atoms with E-state index in [4.69, 9.17) is 23.2 Å². The first kappa shape index (κ1) is 17.8. The standard InChI is InChI=1S/C19H22Cl2N2/c1-5-23(4)12-22-19-11-17(20)16(10-18(19)21)9-15-7-13(2)6-14(3)8-15/h6-8,10-12H,5,9H2,1-4H3. The van der Waals surface area contributed by atoms with Crippen LogP contribution in [-0.4, -0.2) is 24.8 Å². The number of hydrogen-bond acceptors (Lipinski definition) is 1. The normalized spacial score (nSPS) is 11.2. The van der Waals surface area contributed by atoms with Gasteiger partial charge < -0.3 is 4.90 Å². The molecule has 0 amide bonds. The minimum absolute atomic E-state index is 0.620. The average molecular weight is 349 g/mol. The zero-order valence-corrected chi connectivity index (χ0v) is 15.5. The van der Waals surface area contributed by atoms with Crippen LogP contribution in [0.1, 0.15) is 29.2 Å². The van der Waals surface area contributed by atoms with Crippen LogP contribution in [0.25, 0.3) is 0 Å². The molecule has 0 spiro atoms. The predicted molar refractivity (Wildman–Crippen MR) is 102 cm³/mol. The molecule has 0 aliphatic heterocycles. The molecule has 2 aromatic rings. The molecule has 23 heavy (non-hydrogen) atoms. The van der Waals surface area contributed by atoms with Crippen LogP contribution in [0.3, 0.4) is 0 Å². The van der Waals surface area contributed by atoms with Gasteiger partial charge in [-0.2, -0.15) is 0 Å². The molecule has 0 heterocycles. The van der Waals surface area contributed by atoms with Crippen molar-refractivity contribution >= 4 is 35.2 Å². The van der Waals surface area contributed by atoms with Crippen molar-refractivity contribution in [3.8, 4) is 0 Å². The highest BCUT2D eigenvalue weighted by Crippen LogP contribution is 2.32. The minimum atomic E-state index is 0.620. The van der Waals surface area contributed by atoms with Gasteiger partial charge in [-0.3, -0.25) is 0 Å². The lowest BCUT2D eigenvalue weighted by Crippen LogP contribution is -2.14. The van der Waals surface area contributed by atoms with Gasteiger partial charge in [0, 0.05) is 18.6 Å². The maximum Gasteiger partial charge on any atom is 0.0910 e. The summed E-state index contributed by atoms with van der Waals surface area (Å²) in [5.41, 5.74) is 5.46. The van der Waals surface area contributed by atoms with Crippen molar-refractivity contribution < 1.29 is 0 Å². The maximum absolute atomic E-state index is 6.43. The Hall–Kier alpha value is -1.51. The monoisotopic (exact) mass is 348 g/mol. The number of rotatable bonds is 5. The zero-order valence-electron chi connectivity index (χ0n) is 14.0. The molecule has 0 bridgehead atoms. The van der Waals surface area contributed by atoms with E-state index in [9.17, 15) is 0 Å². The number of hydrogen-bond donors (Lipinski definition) is 0. The third-order valence-corrected chi connectivity index (χ3v) is 4.34. The van der Waals surface area contributed by atoms with Crippen LogP contribution in [0.4, 0.5) is 5.69 Å². The Bertz CT molecular complexity index is 703. The highest BCUT2D eigenvalue weighted by atomic mass is 35.5. The van der Waals surface area contributed by atoms with Gasteiger partial charge in [0.15, 0.2) is 0 Å². The van der Waals surface area contributed by atoms with Gasteiger partial charge in [0.2, 0.25) is 0 Å². The van der Waals surface area contributed by atoms with Crippen LogP contribution in [0, 0.1) is 13.8 Å². The summed E-state index contributed by atoms with van der Waals surface area (Å²) in [6, 6.07) is 10.3. The molecule has 2 rings (SSSR count). The van der Waals surface area contributed by atoms with Gasteiger partial charge in [0.25, 0.3) is 0 Å². The Morgan fingerprint density at radius 2 is 1.65 bits per heavy atom. The van der Waals surface area contributed by atoms with Crippen molar-refractivity contribution in [2.24, 2.45) is 4.99 Å². The Kier molecular flexibility index (Phi) is 6.09. The SMILES string of the molecule is CCN(C)C=Nc1cc(Cl)c(Cc2cc(C)cc(C)c2)cc1Cl. The van der Waals surface area contributed by atoms with E-state index in [1.165, 1.54) is 16.7 Å². The first-order chi connectivity index (χ1) is 10.9. The molecule has 0 saturated heterocycles. The molecule has 2 nitrogen and oxygen atoms in total. The van der Waals surface area contributed by atoms with Gasteiger partial charge in [-0.1, -0.05) is 52.5 Å². The molecule has 2 aromatic carbocycles. The van der Waals surface area contributed by atoms with Gasteiger partial charge >= 0.3 is 0 Å². The molecule has 122 valence electrons. The Balaban J connectivity index is 2.27. The molecule has 0 radical (unpaired) electrons. The smallest absolute Gasteiger partial charge is 0.0910 e. The lowest BCUT2D eigenvalue weighted by molar-refractivity contribution is 0.552. The summed E-state index contributed by atoms with van der Waals surface area (Å²) in [4.78, 5) is 6.38. The largest absolute Gasteiger partial charge is 0.366 e. The second-order valence-corrected chi connectivity index (χ2v) is 6.70. The summed E-state index contributed by atoms with van der Waals surface area (Å²) in [7, 11) is 1.97. The first-order valence-electron chi connectivity index (χ1n) is 7.68. The predicted octanol–water partition coefficient (Wildman–Crippen LogP) is 5.81. The molecular formula is C19H22Cl2N2. The molecule has 0 saturated carbocycles. The van der Waals surface area contributed by atoms with Crippen molar-refractivity contribution in [2.45, 2.75) is 27.2 Å². The van der Waals surface area contributed by atoms with E-state index in [0.717, 1.165) is 18.5 Å². The summed E-state index contributed by atoms with van der Waals surface area (Å²) in [6.45, 7) is 7.16. The van der Waals surface area contributed by atoms with Crippen LogP contribution in [0.2, 0.25) is 10.0 Å². The number of nitrogens with zero attached hydrogens (tertiary/aromatic N) is 2. The van der Waals surface area contributed by atoms with Crippen LogP contribution in [-0.2, 0) is 6.42 Å². The highest BCUT2D eigenvalue weighted by Gasteiger charge is 2.08. The van der Waals surface area contributed by atoms with Crippen molar-refractivity contribution in [3.05, 3.63) is 62.6 Å². The van der Waals surface area contributed by atoms with E-state index in [1.54, 1.807) is 6.34 Å². The molecule has 0 fully saturated rings. The fourth-order valence-corrected chi connectivity index (χ4v) is 2.91. The lowest BCUT2D eigenvalue weighted by atomic mass is 10.0. The Morgan fingerprint density at radius 1 is 1.00 bits per heavy atom. The van der Waals surface area contributed by atoms with E-state index in [0.29, 0.717) is 15.7 Å². The number of aryl methyl sites for hydroxylation is 2. The lowest BCUT2D eigenvalue weighted by Gasteiger charge is -2.11. The number of halogens is 2. The third kappa shape index (κ3) is 4.98. The first-order valence-corrected chi connectivity index (χ1v) is 8.44. The van der Waals surface area contributed by atoms with Crippen LogP contribution < -0.4 is 0 Å². The van der Waals surface area contributed by atoms with Crippen LogP contribution >= 0.6 is 23.2 Å². The van der Waals surface area contributed by atoms with Crippen molar-refractivity contribution in [1.29, 1.82) is 0 Å². The maximum atomic E-state index is 6.43.